The van der Waals surface area contributed by atoms with Crippen LogP contribution in [0.5, 0.6) is 0 Å². The van der Waals surface area contributed by atoms with Crippen LogP contribution in [0.15, 0.2) is 57.9 Å². The third kappa shape index (κ3) is 4.77. The van der Waals surface area contributed by atoms with Crippen molar-refractivity contribution in [2.45, 2.75) is 4.90 Å². The molecule has 0 saturated carbocycles. The van der Waals surface area contributed by atoms with Crippen LogP contribution in [0.3, 0.4) is 0 Å². The predicted molar refractivity (Wildman–Crippen MR) is 109 cm³/mol. The number of nitrogens with zero attached hydrogens (tertiary/aromatic N) is 3. The first kappa shape index (κ1) is 20.5. The molecule has 0 radical (unpaired) electrons. The van der Waals surface area contributed by atoms with Crippen LogP contribution in [0.1, 0.15) is 5.56 Å². The Morgan fingerprint density at radius 3 is 2.36 bits per heavy atom. The van der Waals surface area contributed by atoms with Gasteiger partial charge in [-0.15, -0.1) is 0 Å². The van der Waals surface area contributed by atoms with Gasteiger partial charge in [-0.3, -0.25) is 9.69 Å². The average molecular weight is 463 g/mol. The lowest BCUT2D eigenvalue weighted by Gasteiger charge is -2.33. The van der Waals surface area contributed by atoms with Crippen molar-refractivity contribution in [3.63, 3.8) is 0 Å². The zero-order chi connectivity index (χ0) is 20.1. The van der Waals surface area contributed by atoms with Gasteiger partial charge < -0.3 is 5.32 Å². The van der Waals surface area contributed by atoms with Crippen LogP contribution in [-0.4, -0.2) is 56.3 Å². The molecule has 9 heteroatoms. The van der Waals surface area contributed by atoms with E-state index in [4.69, 9.17) is 5.26 Å². The molecule has 1 heterocycles. The summed E-state index contributed by atoms with van der Waals surface area (Å²) in [5, 5.41) is 11.8. The van der Waals surface area contributed by atoms with Gasteiger partial charge in [0.15, 0.2) is 0 Å². The van der Waals surface area contributed by atoms with Crippen molar-refractivity contribution in [1.82, 2.24) is 9.21 Å². The van der Waals surface area contributed by atoms with E-state index in [0.29, 0.717) is 37.4 Å². The summed E-state index contributed by atoms with van der Waals surface area (Å²) in [5.41, 5.74) is 0.882. The smallest absolute Gasteiger partial charge is 0.243 e. The molecule has 2 aromatic carbocycles. The first-order chi connectivity index (χ1) is 13.4. The van der Waals surface area contributed by atoms with Gasteiger partial charge in [0, 0.05) is 30.7 Å². The lowest BCUT2D eigenvalue weighted by Crippen LogP contribution is -2.50. The Morgan fingerprint density at radius 1 is 1.07 bits per heavy atom. The second kappa shape index (κ2) is 8.84. The zero-order valence-electron chi connectivity index (χ0n) is 15.0. The second-order valence-corrected chi connectivity index (χ2v) is 9.19. The lowest BCUT2D eigenvalue weighted by atomic mass is 10.2. The van der Waals surface area contributed by atoms with Crippen molar-refractivity contribution < 1.29 is 13.2 Å². The number of benzene rings is 2. The Morgan fingerprint density at radius 2 is 1.71 bits per heavy atom. The van der Waals surface area contributed by atoms with Gasteiger partial charge in [-0.05, 0) is 36.4 Å². The first-order valence-electron chi connectivity index (χ1n) is 8.67. The molecule has 0 spiro atoms. The summed E-state index contributed by atoms with van der Waals surface area (Å²) in [5.74, 6) is -0.230. The van der Waals surface area contributed by atoms with Crippen LogP contribution in [0.2, 0.25) is 0 Å². The van der Waals surface area contributed by atoms with Crippen molar-refractivity contribution in [2.75, 3.05) is 38.0 Å². The minimum absolute atomic E-state index is 0.145. The Labute approximate surface area is 172 Å². The third-order valence-corrected chi connectivity index (χ3v) is 6.91. The number of sulfonamides is 1. The molecule has 7 nitrogen and oxygen atoms in total. The Kier molecular flexibility index (Phi) is 6.46. The SMILES string of the molecule is N#Cc1ccccc1NC(=O)CN1CCN(S(=O)(=O)c2ccc(Br)cc2)CC1. The summed E-state index contributed by atoms with van der Waals surface area (Å²) >= 11 is 3.30. The van der Waals surface area contributed by atoms with Crippen LogP contribution in [0.4, 0.5) is 5.69 Å². The first-order valence-corrected chi connectivity index (χ1v) is 10.9. The molecule has 0 unspecified atom stereocenters. The number of amides is 1. The van der Waals surface area contributed by atoms with E-state index in [2.05, 4.69) is 21.2 Å². The Hall–Kier alpha value is -2.25. The van der Waals surface area contributed by atoms with E-state index in [1.165, 1.54) is 4.31 Å². The fraction of sp³-hybridized carbons (Fsp3) is 0.263. The summed E-state index contributed by atoms with van der Waals surface area (Å²) in [7, 11) is -3.54. The molecule has 0 aromatic heterocycles. The molecule has 146 valence electrons. The number of anilines is 1. The fourth-order valence-electron chi connectivity index (χ4n) is 2.97. The van der Waals surface area contributed by atoms with Crippen molar-refractivity contribution in [2.24, 2.45) is 0 Å². The Bertz CT molecular complexity index is 995. The molecule has 1 saturated heterocycles. The maximum atomic E-state index is 12.7. The molecule has 1 aliphatic heterocycles. The number of halogens is 1. The molecule has 0 atom stereocenters. The highest BCUT2D eigenvalue weighted by atomic mass is 79.9. The molecule has 28 heavy (non-hydrogen) atoms. The quantitative estimate of drug-likeness (QED) is 0.735. The van der Waals surface area contributed by atoms with Crippen molar-refractivity contribution in [3.05, 3.63) is 58.6 Å². The number of carbonyl (C=O) groups is 1. The number of carbonyl (C=O) groups excluding carboxylic acids is 1. The van der Waals surface area contributed by atoms with E-state index in [0.717, 1.165) is 4.47 Å². The van der Waals surface area contributed by atoms with Crippen LogP contribution in [-0.2, 0) is 14.8 Å². The molecular weight excluding hydrogens is 444 g/mol. The van der Waals surface area contributed by atoms with Gasteiger partial charge >= 0.3 is 0 Å². The molecular formula is C19H19BrN4O3S. The van der Waals surface area contributed by atoms with E-state index in [1.807, 2.05) is 11.0 Å². The number of nitrogens with one attached hydrogen (secondary N) is 1. The number of hydrogen-bond acceptors (Lipinski definition) is 5. The number of rotatable bonds is 5. The molecule has 2 aromatic rings. The van der Waals surface area contributed by atoms with E-state index in [1.54, 1.807) is 48.5 Å². The maximum Gasteiger partial charge on any atom is 0.243 e. The maximum absolute atomic E-state index is 12.7. The van der Waals surface area contributed by atoms with Crippen molar-refractivity contribution in [3.8, 4) is 6.07 Å². The highest BCUT2D eigenvalue weighted by molar-refractivity contribution is 9.10. The molecule has 0 aliphatic carbocycles. The number of nitriles is 1. The zero-order valence-corrected chi connectivity index (χ0v) is 17.4. The topological polar surface area (TPSA) is 93.5 Å². The largest absolute Gasteiger partial charge is 0.324 e. The third-order valence-electron chi connectivity index (χ3n) is 4.47. The van der Waals surface area contributed by atoms with Gasteiger partial charge in [0.2, 0.25) is 15.9 Å². The summed E-state index contributed by atoms with van der Waals surface area (Å²) in [6, 6.07) is 15.4. The minimum atomic E-state index is -3.54. The monoisotopic (exact) mass is 462 g/mol. The van der Waals surface area contributed by atoms with Gasteiger partial charge in [0.1, 0.15) is 6.07 Å². The van der Waals surface area contributed by atoms with E-state index in [-0.39, 0.29) is 17.3 Å². The number of hydrogen-bond donors (Lipinski definition) is 1. The van der Waals surface area contributed by atoms with Crippen molar-refractivity contribution in [1.29, 1.82) is 5.26 Å². The highest BCUT2D eigenvalue weighted by Gasteiger charge is 2.29. The summed E-state index contributed by atoms with van der Waals surface area (Å²) in [4.78, 5) is 14.4. The van der Waals surface area contributed by atoms with Crippen LogP contribution in [0.25, 0.3) is 0 Å². The predicted octanol–water partition coefficient (Wildman–Crippen LogP) is 2.27. The molecule has 0 bridgehead atoms. The van der Waals surface area contributed by atoms with E-state index in [9.17, 15) is 13.2 Å². The van der Waals surface area contributed by atoms with Crippen molar-refractivity contribution >= 4 is 37.5 Å². The van der Waals surface area contributed by atoms with Crippen LogP contribution in [0, 0.1) is 11.3 Å². The molecule has 1 N–H and O–H groups in total. The highest BCUT2D eigenvalue weighted by Crippen LogP contribution is 2.20. The van der Waals surface area contributed by atoms with Gasteiger partial charge in [-0.25, -0.2) is 8.42 Å². The molecule has 3 rings (SSSR count). The van der Waals surface area contributed by atoms with Crippen LogP contribution >= 0.6 is 15.9 Å². The molecule has 1 amide bonds. The van der Waals surface area contributed by atoms with E-state index < -0.39 is 10.0 Å². The summed E-state index contributed by atoms with van der Waals surface area (Å²) in [6.45, 7) is 1.71. The number of piperazine rings is 1. The number of para-hydroxylation sites is 1. The normalized spacial score (nSPS) is 15.7. The average Bonchev–Trinajstić information content (AvgIpc) is 2.69. The van der Waals surface area contributed by atoms with Gasteiger partial charge in [-0.1, -0.05) is 28.1 Å². The lowest BCUT2D eigenvalue weighted by molar-refractivity contribution is -0.117. The minimum Gasteiger partial charge on any atom is -0.324 e. The van der Waals surface area contributed by atoms with Gasteiger partial charge in [0.25, 0.3) is 0 Å². The van der Waals surface area contributed by atoms with Gasteiger partial charge in [-0.2, -0.15) is 9.57 Å². The van der Waals surface area contributed by atoms with Crippen LogP contribution < -0.4 is 5.32 Å². The second-order valence-electron chi connectivity index (χ2n) is 6.34. The van der Waals surface area contributed by atoms with E-state index >= 15 is 0 Å². The molecule has 1 fully saturated rings. The Balaban J connectivity index is 1.56. The summed E-state index contributed by atoms with van der Waals surface area (Å²) in [6.07, 6.45) is 0. The van der Waals surface area contributed by atoms with Gasteiger partial charge in [0.05, 0.1) is 22.7 Å². The standard InChI is InChI=1S/C19H19BrN4O3S/c20-16-5-7-17(8-6-16)28(26,27)24-11-9-23(10-12-24)14-19(25)22-18-4-2-1-3-15(18)13-21/h1-8H,9-12,14H2,(H,22,25). The summed E-state index contributed by atoms with van der Waals surface area (Å²) < 4.78 is 27.7. The fourth-order valence-corrected chi connectivity index (χ4v) is 4.65. The molecule has 1 aliphatic rings.